The summed E-state index contributed by atoms with van der Waals surface area (Å²) in [4.78, 5) is 5.12. The number of rotatable bonds is 4. The van der Waals surface area contributed by atoms with E-state index in [0.29, 0.717) is 0 Å². The van der Waals surface area contributed by atoms with Crippen molar-refractivity contribution in [1.29, 1.82) is 0 Å². The van der Waals surface area contributed by atoms with Crippen LogP contribution in [0, 0.1) is 12.7 Å². The van der Waals surface area contributed by atoms with Gasteiger partial charge in [0, 0.05) is 29.3 Å². The lowest BCUT2D eigenvalue weighted by Gasteiger charge is -2.18. The molecule has 0 atom stereocenters. The Balaban J connectivity index is 1.71. The van der Waals surface area contributed by atoms with Gasteiger partial charge in [0.2, 0.25) is 0 Å². The molecular formula is C22H22FNS. The van der Waals surface area contributed by atoms with Crippen molar-refractivity contribution in [1.82, 2.24) is 0 Å². The van der Waals surface area contributed by atoms with Crippen LogP contribution in [0.3, 0.4) is 0 Å². The molecule has 1 saturated heterocycles. The molecule has 25 heavy (non-hydrogen) atoms. The second kappa shape index (κ2) is 7.01. The molecule has 0 saturated carbocycles. The van der Waals surface area contributed by atoms with Crippen LogP contribution in [-0.2, 0) is 6.42 Å². The monoisotopic (exact) mass is 351 g/mol. The number of benzene rings is 2. The highest BCUT2D eigenvalue weighted by molar-refractivity contribution is 7.16. The molecule has 3 heteroatoms. The predicted octanol–water partition coefficient (Wildman–Crippen LogP) is 6.05. The highest BCUT2D eigenvalue weighted by Crippen LogP contribution is 2.39. The van der Waals surface area contributed by atoms with Gasteiger partial charge in [-0.25, -0.2) is 4.39 Å². The maximum atomic E-state index is 13.6. The molecule has 0 radical (unpaired) electrons. The van der Waals surface area contributed by atoms with E-state index in [1.54, 1.807) is 12.1 Å². The van der Waals surface area contributed by atoms with Gasteiger partial charge in [-0.2, -0.15) is 0 Å². The predicted molar refractivity (Wildman–Crippen MR) is 105 cm³/mol. The van der Waals surface area contributed by atoms with E-state index >= 15 is 0 Å². The van der Waals surface area contributed by atoms with Crippen molar-refractivity contribution in [3.05, 3.63) is 76.4 Å². The van der Waals surface area contributed by atoms with Crippen molar-refractivity contribution in [3.63, 3.8) is 0 Å². The quantitative estimate of drug-likeness (QED) is 0.553. The highest BCUT2D eigenvalue weighted by Gasteiger charge is 2.19. The summed E-state index contributed by atoms with van der Waals surface area (Å²) in [7, 11) is 0. The molecule has 1 fully saturated rings. The molecule has 0 bridgehead atoms. The van der Waals surface area contributed by atoms with E-state index < -0.39 is 0 Å². The number of anilines is 1. The Hall–Kier alpha value is -2.13. The largest absolute Gasteiger partial charge is 0.371 e. The minimum absolute atomic E-state index is 0.157. The lowest BCUT2D eigenvalue weighted by molar-refractivity contribution is 0.626. The Kier molecular flexibility index (Phi) is 4.58. The second-order valence-electron chi connectivity index (χ2n) is 6.79. The summed E-state index contributed by atoms with van der Waals surface area (Å²) in [5.74, 6) is -0.157. The lowest BCUT2D eigenvalue weighted by Crippen LogP contribution is -2.18. The SMILES string of the molecule is Cc1ccc(-c2cc(N3CCCC3)c(Cc3cccc(F)c3)s2)cc1. The molecule has 128 valence electrons. The van der Waals surface area contributed by atoms with E-state index in [-0.39, 0.29) is 5.82 Å². The molecule has 2 aromatic carbocycles. The summed E-state index contributed by atoms with van der Waals surface area (Å²) >= 11 is 1.84. The zero-order chi connectivity index (χ0) is 17.2. The Morgan fingerprint density at radius 2 is 1.76 bits per heavy atom. The van der Waals surface area contributed by atoms with E-state index in [4.69, 9.17) is 0 Å². The number of thiophene rings is 1. The van der Waals surface area contributed by atoms with Crippen LogP contribution in [0.4, 0.5) is 10.1 Å². The van der Waals surface area contributed by atoms with E-state index in [1.807, 2.05) is 17.4 Å². The normalized spacial score (nSPS) is 14.2. The third kappa shape index (κ3) is 3.62. The maximum absolute atomic E-state index is 13.6. The minimum atomic E-state index is -0.157. The Morgan fingerprint density at radius 1 is 1.00 bits per heavy atom. The van der Waals surface area contributed by atoms with Crippen molar-refractivity contribution in [2.45, 2.75) is 26.2 Å². The first-order valence-electron chi connectivity index (χ1n) is 8.88. The van der Waals surface area contributed by atoms with Gasteiger partial charge in [-0.15, -0.1) is 11.3 Å². The van der Waals surface area contributed by atoms with Crippen LogP contribution in [0.25, 0.3) is 10.4 Å². The van der Waals surface area contributed by atoms with Gasteiger partial charge in [-0.05, 0) is 49.1 Å². The van der Waals surface area contributed by atoms with Crippen LogP contribution in [0.5, 0.6) is 0 Å². The molecule has 1 aromatic heterocycles. The van der Waals surface area contributed by atoms with Gasteiger partial charge in [-0.1, -0.05) is 42.0 Å². The van der Waals surface area contributed by atoms with E-state index in [2.05, 4.69) is 42.2 Å². The fourth-order valence-corrected chi connectivity index (χ4v) is 4.69. The molecule has 0 amide bonds. The minimum Gasteiger partial charge on any atom is -0.371 e. The molecule has 0 spiro atoms. The van der Waals surface area contributed by atoms with Gasteiger partial charge in [0.05, 0.1) is 5.69 Å². The standard InChI is InChI=1S/C22H22FNS/c1-16-7-9-18(10-8-16)21-15-20(24-11-2-3-12-24)22(25-21)14-17-5-4-6-19(23)13-17/h4-10,13,15H,2-3,11-12,14H2,1H3. The molecule has 4 rings (SSSR count). The molecule has 0 unspecified atom stereocenters. The number of nitrogens with zero attached hydrogens (tertiary/aromatic N) is 1. The Labute approximate surface area is 152 Å². The third-order valence-corrected chi connectivity index (χ3v) is 6.00. The lowest BCUT2D eigenvalue weighted by atomic mass is 10.1. The summed E-state index contributed by atoms with van der Waals surface area (Å²) in [5.41, 5.74) is 4.92. The van der Waals surface area contributed by atoms with Crippen LogP contribution in [0.2, 0.25) is 0 Å². The van der Waals surface area contributed by atoms with Crippen LogP contribution in [0.15, 0.2) is 54.6 Å². The smallest absolute Gasteiger partial charge is 0.123 e. The number of halogens is 1. The second-order valence-corrected chi connectivity index (χ2v) is 7.92. The molecule has 2 heterocycles. The summed E-state index contributed by atoms with van der Waals surface area (Å²) in [6.45, 7) is 4.36. The topological polar surface area (TPSA) is 3.24 Å². The Bertz CT molecular complexity index is 860. The van der Waals surface area contributed by atoms with Crippen molar-refractivity contribution >= 4 is 17.0 Å². The number of hydrogen-bond acceptors (Lipinski definition) is 2. The molecule has 1 aliphatic heterocycles. The van der Waals surface area contributed by atoms with Gasteiger partial charge >= 0.3 is 0 Å². The summed E-state index contributed by atoms with van der Waals surface area (Å²) in [5, 5.41) is 0. The average molecular weight is 351 g/mol. The van der Waals surface area contributed by atoms with Crippen LogP contribution >= 0.6 is 11.3 Å². The van der Waals surface area contributed by atoms with Gasteiger partial charge in [-0.3, -0.25) is 0 Å². The first-order valence-corrected chi connectivity index (χ1v) is 9.70. The van der Waals surface area contributed by atoms with Crippen molar-refractivity contribution in [2.24, 2.45) is 0 Å². The van der Waals surface area contributed by atoms with Crippen molar-refractivity contribution in [3.8, 4) is 10.4 Å². The van der Waals surface area contributed by atoms with Gasteiger partial charge in [0.15, 0.2) is 0 Å². The van der Waals surface area contributed by atoms with Crippen LogP contribution < -0.4 is 4.90 Å². The summed E-state index contributed by atoms with van der Waals surface area (Å²) in [6, 6.07) is 18.0. The van der Waals surface area contributed by atoms with E-state index in [1.165, 1.54) is 45.5 Å². The number of aryl methyl sites for hydroxylation is 1. The first kappa shape index (κ1) is 16.3. The highest BCUT2D eigenvalue weighted by atomic mass is 32.1. The fraction of sp³-hybridized carbons (Fsp3) is 0.273. The zero-order valence-corrected chi connectivity index (χ0v) is 15.3. The average Bonchev–Trinajstić information content (AvgIpc) is 3.25. The summed E-state index contributed by atoms with van der Waals surface area (Å²) in [6.07, 6.45) is 3.31. The van der Waals surface area contributed by atoms with Gasteiger partial charge in [0.1, 0.15) is 5.82 Å². The van der Waals surface area contributed by atoms with Crippen molar-refractivity contribution in [2.75, 3.05) is 18.0 Å². The molecule has 1 aliphatic rings. The first-order chi connectivity index (χ1) is 12.2. The van der Waals surface area contributed by atoms with Crippen molar-refractivity contribution < 1.29 is 4.39 Å². The molecule has 0 N–H and O–H groups in total. The zero-order valence-electron chi connectivity index (χ0n) is 14.5. The van der Waals surface area contributed by atoms with E-state index in [0.717, 1.165) is 25.1 Å². The summed E-state index contributed by atoms with van der Waals surface area (Å²) < 4.78 is 13.6. The molecular weight excluding hydrogens is 329 g/mol. The van der Waals surface area contributed by atoms with Crippen LogP contribution in [0.1, 0.15) is 28.8 Å². The van der Waals surface area contributed by atoms with E-state index in [9.17, 15) is 4.39 Å². The molecule has 0 aliphatic carbocycles. The van der Waals surface area contributed by atoms with Gasteiger partial charge in [0.25, 0.3) is 0 Å². The maximum Gasteiger partial charge on any atom is 0.123 e. The fourth-order valence-electron chi connectivity index (χ4n) is 3.46. The third-order valence-electron chi connectivity index (χ3n) is 4.82. The molecule has 3 aromatic rings. The molecule has 1 nitrogen and oxygen atoms in total. The van der Waals surface area contributed by atoms with Gasteiger partial charge < -0.3 is 4.90 Å². The number of hydrogen-bond donors (Lipinski definition) is 0. The Morgan fingerprint density at radius 3 is 2.48 bits per heavy atom. The van der Waals surface area contributed by atoms with Crippen LogP contribution in [-0.4, -0.2) is 13.1 Å².